The molecule has 0 aliphatic rings. The van der Waals surface area contributed by atoms with Gasteiger partial charge in [0.25, 0.3) is 0 Å². The van der Waals surface area contributed by atoms with Crippen molar-refractivity contribution in [3.63, 3.8) is 0 Å². The van der Waals surface area contributed by atoms with Crippen LogP contribution in [0.15, 0.2) is 57.3 Å². The van der Waals surface area contributed by atoms with Crippen LogP contribution in [0.2, 0.25) is 0 Å². The maximum absolute atomic E-state index is 9.43. The summed E-state index contributed by atoms with van der Waals surface area (Å²) in [5.74, 6) is 0.814. The number of para-hydroxylation sites is 1. The van der Waals surface area contributed by atoms with Crippen LogP contribution in [0, 0.1) is 0 Å². The topological polar surface area (TPSA) is 58.1 Å². The molecular formula is C12H10N2O2. The van der Waals surface area contributed by atoms with Crippen molar-refractivity contribution in [2.24, 2.45) is 10.2 Å². The van der Waals surface area contributed by atoms with E-state index in [-0.39, 0.29) is 5.75 Å². The zero-order valence-corrected chi connectivity index (χ0v) is 8.45. The van der Waals surface area contributed by atoms with Crippen LogP contribution >= 0.6 is 0 Å². The predicted molar refractivity (Wildman–Crippen MR) is 62.0 cm³/mol. The second-order valence-electron chi connectivity index (χ2n) is 3.06. The first-order valence-corrected chi connectivity index (χ1v) is 4.74. The fourth-order valence-corrected chi connectivity index (χ4v) is 1.15. The highest BCUT2D eigenvalue weighted by Crippen LogP contribution is 2.12. The second kappa shape index (κ2) is 4.93. The molecule has 0 spiro atoms. The van der Waals surface area contributed by atoms with Gasteiger partial charge in [-0.05, 0) is 24.3 Å². The summed E-state index contributed by atoms with van der Waals surface area (Å²) >= 11 is 0. The van der Waals surface area contributed by atoms with Crippen LogP contribution in [0.25, 0.3) is 0 Å². The quantitative estimate of drug-likeness (QED) is 0.630. The molecule has 4 heteroatoms. The van der Waals surface area contributed by atoms with Gasteiger partial charge in [-0.3, -0.25) is 0 Å². The fraction of sp³-hybridized carbons (Fsp3) is 0. The van der Waals surface area contributed by atoms with E-state index in [0.29, 0.717) is 11.3 Å². The van der Waals surface area contributed by atoms with E-state index in [1.807, 2.05) is 6.07 Å². The molecule has 2 aromatic rings. The van der Waals surface area contributed by atoms with Gasteiger partial charge >= 0.3 is 0 Å². The number of phenolic OH excluding ortho intramolecular Hbond substituents is 1. The van der Waals surface area contributed by atoms with Crippen molar-refractivity contribution in [2.75, 3.05) is 0 Å². The van der Waals surface area contributed by atoms with Crippen molar-refractivity contribution in [3.05, 3.63) is 54.0 Å². The molecule has 4 nitrogen and oxygen atoms in total. The lowest BCUT2D eigenvalue weighted by molar-refractivity contribution is 0.474. The minimum atomic E-state index is 0.180. The lowest BCUT2D eigenvalue weighted by Gasteiger charge is -1.94. The largest absolute Gasteiger partial charge is 0.507 e. The Morgan fingerprint density at radius 2 is 1.81 bits per heavy atom. The molecule has 0 saturated heterocycles. The van der Waals surface area contributed by atoms with Gasteiger partial charge < -0.3 is 9.52 Å². The third-order valence-corrected chi connectivity index (χ3v) is 1.93. The zero-order chi connectivity index (χ0) is 11.2. The monoisotopic (exact) mass is 214 g/mol. The maximum atomic E-state index is 9.43. The Kier molecular flexibility index (Phi) is 3.13. The third kappa shape index (κ3) is 2.57. The van der Waals surface area contributed by atoms with Gasteiger partial charge in [0.2, 0.25) is 0 Å². The van der Waals surface area contributed by atoms with Crippen molar-refractivity contribution in [3.8, 4) is 5.75 Å². The minimum Gasteiger partial charge on any atom is -0.507 e. The van der Waals surface area contributed by atoms with Crippen molar-refractivity contribution in [2.45, 2.75) is 0 Å². The van der Waals surface area contributed by atoms with Gasteiger partial charge in [-0.25, -0.2) is 0 Å². The Morgan fingerprint density at radius 3 is 2.56 bits per heavy atom. The molecule has 1 N–H and O–H groups in total. The fourth-order valence-electron chi connectivity index (χ4n) is 1.15. The summed E-state index contributed by atoms with van der Waals surface area (Å²) in [6, 6.07) is 10.5. The molecule has 0 saturated carbocycles. The number of furan rings is 1. The van der Waals surface area contributed by atoms with Gasteiger partial charge in [-0.1, -0.05) is 12.1 Å². The Morgan fingerprint density at radius 1 is 1.00 bits per heavy atom. The Labute approximate surface area is 92.6 Å². The number of hydrogen-bond acceptors (Lipinski definition) is 4. The van der Waals surface area contributed by atoms with E-state index < -0.39 is 0 Å². The Balaban J connectivity index is 2.03. The maximum Gasteiger partial charge on any atom is 0.146 e. The molecule has 0 aliphatic heterocycles. The van der Waals surface area contributed by atoms with Gasteiger partial charge in [-0.15, -0.1) is 0 Å². The summed E-state index contributed by atoms with van der Waals surface area (Å²) in [4.78, 5) is 0. The third-order valence-electron chi connectivity index (χ3n) is 1.93. The summed E-state index contributed by atoms with van der Waals surface area (Å²) < 4.78 is 5.04. The van der Waals surface area contributed by atoms with Crippen LogP contribution in [0.5, 0.6) is 5.75 Å². The first kappa shape index (κ1) is 10.2. The summed E-state index contributed by atoms with van der Waals surface area (Å²) in [5, 5.41) is 17.0. The van der Waals surface area contributed by atoms with E-state index in [1.54, 1.807) is 36.6 Å². The lowest BCUT2D eigenvalue weighted by atomic mass is 10.2. The van der Waals surface area contributed by atoms with E-state index in [9.17, 15) is 5.11 Å². The average Bonchev–Trinajstić information content (AvgIpc) is 2.79. The highest BCUT2D eigenvalue weighted by Gasteiger charge is 1.93. The first-order valence-electron chi connectivity index (χ1n) is 4.74. The van der Waals surface area contributed by atoms with Crippen molar-refractivity contribution in [1.29, 1.82) is 0 Å². The minimum absolute atomic E-state index is 0.180. The van der Waals surface area contributed by atoms with Crippen LogP contribution in [0.1, 0.15) is 11.3 Å². The molecule has 1 aromatic carbocycles. The number of hydrogen-bond donors (Lipinski definition) is 1. The van der Waals surface area contributed by atoms with Gasteiger partial charge in [0.05, 0.1) is 18.7 Å². The number of benzene rings is 1. The molecule has 80 valence electrons. The van der Waals surface area contributed by atoms with Crippen molar-refractivity contribution in [1.82, 2.24) is 0 Å². The highest BCUT2D eigenvalue weighted by atomic mass is 16.3. The number of aromatic hydroxyl groups is 1. The molecule has 2 rings (SSSR count). The molecule has 0 fully saturated rings. The smallest absolute Gasteiger partial charge is 0.146 e. The van der Waals surface area contributed by atoms with E-state index in [0.717, 1.165) is 0 Å². The van der Waals surface area contributed by atoms with Crippen LogP contribution in [-0.4, -0.2) is 17.5 Å². The zero-order valence-electron chi connectivity index (χ0n) is 8.45. The summed E-state index contributed by atoms with van der Waals surface area (Å²) in [6.07, 6.45) is 4.54. The van der Waals surface area contributed by atoms with Gasteiger partial charge in [0.1, 0.15) is 11.5 Å². The molecule has 1 aromatic heterocycles. The van der Waals surface area contributed by atoms with Crippen molar-refractivity contribution >= 4 is 12.4 Å². The van der Waals surface area contributed by atoms with Crippen LogP contribution in [-0.2, 0) is 0 Å². The number of rotatable bonds is 3. The van der Waals surface area contributed by atoms with Crippen molar-refractivity contribution < 1.29 is 9.52 Å². The summed E-state index contributed by atoms with van der Waals surface area (Å²) in [6.45, 7) is 0. The molecule has 0 atom stereocenters. The number of phenols is 1. The Hall–Kier alpha value is -2.36. The van der Waals surface area contributed by atoms with Crippen LogP contribution in [0.3, 0.4) is 0 Å². The van der Waals surface area contributed by atoms with Gasteiger partial charge in [0, 0.05) is 5.56 Å². The van der Waals surface area contributed by atoms with E-state index >= 15 is 0 Å². The van der Waals surface area contributed by atoms with Crippen LogP contribution in [0.4, 0.5) is 0 Å². The Bertz CT molecular complexity index is 501. The molecular weight excluding hydrogens is 204 g/mol. The molecule has 0 bridgehead atoms. The van der Waals surface area contributed by atoms with E-state index in [1.165, 1.54) is 12.4 Å². The second-order valence-corrected chi connectivity index (χ2v) is 3.06. The molecule has 0 amide bonds. The number of nitrogens with zero attached hydrogens (tertiary/aromatic N) is 2. The molecule has 1 heterocycles. The van der Waals surface area contributed by atoms with Crippen LogP contribution < -0.4 is 0 Å². The van der Waals surface area contributed by atoms with E-state index in [4.69, 9.17) is 4.42 Å². The molecule has 16 heavy (non-hydrogen) atoms. The standard InChI is InChI=1S/C12H10N2O2/c15-12-6-2-1-4-10(12)8-13-14-9-11-5-3-7-16-11/h1-9,15H. The van der Waals surface area contributed by atoms with Gasteiger partial charge in [-0.2, -0.15) is 10.2 Å². The molecule has 0 aliphatic carbocycles. The van der Waals surface area contributed by atoms with Gasteiger partial charge in [0.15, 0.2) is 0 Å². The lowest BCUT2D eigenvalue weighted by Crippen LogP contribution is -1.80. The summed E-state index contributed by atoms with van der Waals surface area (Å²) in [7, 11) is 0. The predicted octanol–water partition coefficient (Wildman–Crippen LogP) is 2.44. The molecule has 0 radical (unpaired) electrons. The normalized spacial score (nSPS) is 11.5. The summed E-state index contributed by atoms with van der Waals surface area (Å²) in [5.41, 5.74) is 0.624. The molecule has 0 unspecified atom stereocenters. The highest BCUT2D eigenvalue weighted by molar-refractivity contribution is 5.84. The van der Waals surface area contributed by atoms with E-state index in [2.05, 4.69) is 10.2 Å². The SMILES string of the molecule is Oc1ccccc1C=NN=Cc1ccco1. The average molecular weight is 214 g/mol. The first-order chi connectivity index (χ1) is 7.86.